The lowest BCUT2D eigenvalue weighted by Crippen LogP contribution is -2.43. The highest BCUT2D eigenvalue weighted by molar-refractivity contribution is 8.01. The van der Waals surface area contributed by atoms with Gasteiger partial charge in [-0.1, -0.05) is 6.07 Å². The zero-order valence-electron chi connectivity index (χ0n) is 17.9. The second kappa shape index (κ2) is 9.44. The highest BCUT2D eigenvalue weighted by Gasteiger charge is 2.37. The fraction of sp³-hybridized carbons (Fsp3) is 0.318. The number of anilines is 2. The molecular formula is C22H23N3O6S2. The lowest BCUT2D eigenvalue weighted by atomic mass is 10.2. The maximum Gasteiger partial charge on any atom is 0.338 e. The number of nitrogens with zero attached hydrogens (tertiary/aromatic N) is 1. The van der Waals surface area contributed by atoms with Gasteiger partial charge in [0, 0.05) is 23.7 Å². The molecule has 2 amide bonds. The van der Waals surface area contributed by atoms with Crippen LogP contribution in [-0.2, 0) is 24.3 Å². The van der Waals surface area contributed by atoms with Crippen molar-refractivity contribution in [3.05, 3.63) is 48.0 Å². The molecule has 0 aromatic heterocycles. The van der Waals surface area contributed by atoms with Crippen molar-refractivity contribution in [1.29, 1.82) is 0 Å². The predicted molar refractivity (Wildman–Crippen MR) is 124 cm³/mol. The van der Waals surface area contributed by atoms with E-state index in [1.165, 1.54) is 30.3 Å². The number of esters is 1. The van der Waals surface area contributed by atoms with Crippen LogP contribution in [0.25, 0.3) is 0 Å². The van der Waals surface area contributed by atoms with Crippen LogP contribution in [0.5, 0.6) is 0 Å². The first-order valence-electron chi connectivity index (χ1n) is 10.5. The van der Waals surface area contributed by atoms with Crippen molar-refractivity contribution in [1.82, 2.24) is 4.90 Å². The number of benzene rings is 2. The first kappa shape index (κ1) is 23.1. The van der Waals surface area contributed by atoms with Gasteiger partial charge in [0.25, 0.3) is 10.0 Å². The molecule has 9 nitrogen and oxygen atoms in total. The molecule has 2 aromatic rings. The van der Waals surface area contributed by atoms with Gasteiger partial charge in [0.1, 0.15) is 0 Å². The molecule has 11 heteroatoms. The SMILES string of the molecule is CCOC(=O)c1cccc(NS(=O)(=O)c2ccc3c(c2)NC(=O)[C@@H](C(=O)N2CCCC2)S3)c1. The van der Waals surface area contributed by atoms with E-state index in [4.69, 9.17) is 4.74 Å². The number of likely N-dealkylation sites (tertiary alicyclic amines) is 1. The Morgan fingerprint density at radius 3 is 2.67 bits per heavy atom. The number of thioether (sulfide) groups is 1. The van der Waals surface area contributed by atoms with Crippen molar-refractivity contribution in [2.24, 2.45) is 0 Å². The number of hydrogen-bond acceptors (Lipinski definition) is 7. The number of amides is 2. The van der Waals surface area contributed by atoms with Crippen molar-refractivity contribution in [3.63, 3.8) is 0 Å². The van der Waals surface area contributed by atoms with Gasteiger partial charge in [-0.2, -0.15) is 0 Å². The zero-order valence-corrected chi connectivity index (χ0v) is 19.5. The number of fused-ring (bicyclic) bond motifs is 1. The minimum atomic E-state index is -4.00. The second-order valence-electron chi connectivity index (χ2n) is 7.58. The third-order valence-corrected chi connectivity index (χ3v) is 7.91. The van der Waals surface area contributed by atoms with E-state index in [2.05, 4.69) is 10.0 Å². The third-order valence-electron chi connectivity index (χ3n) is 5.27. The molecule has 1 saturated heterocycles. The van der Waals surface area contributed by atoms with E-state index in [1.54, 1.807) is 24.0 Å². The summed E-state index contributed by atoms with van der Waals surface area (Å²) in [6.07, 6.45) is 1.86. The van der Waals surface area contributed by atoms with Crippen LogP contribution in [-0.4, -0.2) is 56.0 Å². The second-order valence-corrected chi connectivity index (χ2v) is 10.4. The number of rotatable bonds is 6. The Kier molecular flexibility index (Phi) is 6.61. The van der Waals surface area contributed by atoms with Gasteiger partial charge >= 0.3 is 5.97 Å². The van der Waals surface area contributed by atoms with Crippen LogP contribution >= 0.6 is 11.8 Å². The van der Waals surface area contributed by atoms with Gasteiger partial charge in [0.05, 0.1) is 22.8 Å². The highest BCUT2D eigenvalue weighted by atomic mass is 32.2. The maximum atomic E-state index is 12.9. The average Bonchev–Trinajstić information content (AvgIpc) is 3.33. The largest absolute Gasteiger partial charge is 0.462 e. The molecule has 1 fully saturated rings. The van der Waals surface area contributed by atoms with Crippen LogP contribution in [0, 0.1) is 0 Å². The zero-order chi connectivity index (χ0) is 23.6. The fourth-order valence-corrected chi connectivity index (χ4v) is 5.79. The van der Waals surface area contributed by atoms with E-state index in [1.807, 2.05) is 0 Å². The minimum absolute atomic E-state index is 0.0620. The molecule has 0 aliphatic carbocycles. The van der Waals surface area contributed by atoms with E-state index in [0.717, 1.165) is 24.6 Å². The molecule has 0 saturated carbocycles. The average molecular weight is 490 g/mol. The third kappa shape index (κ3) is 4.98. The number of hydrogen-bond donors (Lipinski definition) is 2. The number of nitrogens with one attached hydrogen (secondary N) is 2. The van der Waals surface area contributed by atoms with Crippen LogP contribution < -0.4 is 10.0 Å². The molecule has 33 heavy (non-hydrogen) atoms. The lowest BCUT2D eigenvalue weighted by molar-refractivity contribution is -0.133. The van der Waals surface area contributed by atoms with Gasteiger partial charge in [-0.3, -0.25) is 14.3 Å². The van der Waals surface area contributed by atoms with Crippen molar-refractivity contribution in [2.45, 2.75) is 34.8 Å². The first-order chi connectivity index (χ1) is 15.8. The summed E-state index contributed by atoms with van der Waals surface area (Å²) in [7, 11) is -4.00. The molecule has 0 bridgehead atoms. The minimum Gasteiger partial charge on any atom is -0.462 e. The van der Waals surface area contributed by atoms with Gasteiger partial charge in [0.15, 0.2) is 5.25 Å². The highest BCUT2D eigenvalue weighted by Crippen LogP contribution is 2.38. The molecule has 2 aliphatic heterocycles. The molecule has 0 spiro atoms. The smallest absolute Gasteiger partial charge is 0.338 e. The van der Waals surface area contributed by atoms with E-state index in [0.29, 0.717) is 23.7 Å². The molecule has 174 valence electrons. The summed E-state index contributed by atoms with van der Waals surface area (Å²) in [5.74, 6) is -1.24. The summed E-state index contributed by atoms with van der Waals surface area (Å²) < 4.78 is 33.2. The van der Waals surface area contributed by atoms with Crippen molar-refractivity contribution < 1.29 is 27.5 Å². The Hall–Kier alpha value is -3.05. The molecular weight excluding hydrogens is 466 g/mol. The van der Waals surface area contributed by atoms with E-state index >= 15 is 0 Å². The molecule has 2 heterocycles. The quantitative estimate of drug-likeness (QED) is 0.473. The molecule has 4 rings (SSSR count). The summed E-state index contributed by atoms with van der Waals surface area (Å²) in [5.41, 5.74) is 0.756. The molecule has 2 aliphatic rings. The van der Waals surface area contributed by atoms with Gasteiger partial charge in [-0.05, 0) is 56.2 Å². The lowest BCUT2D eigenvalue weighted by Gasteiger charge is -2.27. The predicted octanol–water partition coefficient (Wildman–Crippen LogP) is 2.70. The Bertz CT molecular complexity index is 1210. The Morgan fingerprint density at radius 2 is 1.94 bits per heavy atom. The Morgan fingerprint density at radius 1 is 1.18 bits per heavy atom. The number of carbonyl (C=O) groups is 3. The molecule has 0 radical (unpaired) electrons. The maximum absolute atomic E-state index is 12.9. The van der Waals surface area contributed by atoms with Gasteiger partial charge in [-0.25, -0.2) is 13.2 Å². The van der Waals surface area contributed by atoms with Gasteiger partial charge < -0.3 is 15.0 Å². The molecule has 2 aromatic carbocycles. The number of carbonyl (C=O) groups excluding carboxylic acids is 3. The fourth-order valence-electron chi connectivity index (χ4n) is 3.66. The standard InChI is InChI=1S/C22H23N3O6S2/c1-2-31-22(28)14-6-5-7-15(12-14)24-33(29,30)16-8-9-18-17(13-16)23-20(26)19(32-18)21(27)25-10-3-4-11-25/h5-9,12-13,19,24H,2-4,10-11H2,1H3,(H,23,26)/t19-/m0/s1. The normalized spacial score (nSPS) is 17.8. The first-order valence-corrected chi connectivity index (χ1v) is 12.8. The van der Waals surface area contributed by atoms with E-state index < -0.39 is 27.1 Å². The van der Waals surface area contributed by atoms with Crippen molar-refractivity contribution in [2.75, 3.05) is 29.7 Å². The summed E-state index contributed by atoms with van der Waals surface area (Å²) in [6, 6.07) is 10.3. The van der Waals surface area contributed by atoms with Crippen molar-refractivity contribution >= 4 is 50.9 Å². The van der Waals surface area contributed by atoms with Crippen LogP contribution in [0.1, 0.15) is 30.1 Å². The Labute approximate surface area is 195 Å². The summed E-state index contributed by atoms with van der Waals surface area (Å²) >= 11 is 1.12. The van der Waals surface area contributed by atoms with Gasteiger partial charge in [0.2, 0.25) is 11.8 Å². The summed E-state index contributed by atoms with van der Waals surface area (Å²) in [4.78, 5) is 39.4. The van der Waals surface area contributed by atoms with E-state index in [-0.39, 0.29) is 28.7 Å². The van der Waals surface area contributed by atoms with Crippen LogP contribution in [0.4, 0.5) is 11.4 Å². The van der Waals surface area contributed by atoms with Crippen LogP contribution in [0.15, 0.2) is 52.3 Å². The van der Waals surface area contributed by atoms with Gasteiger partial charge in [-0.15, -0.1) is 11.8 Å². The topological polar surface area (TPSA) is 122 Å². The van der Waals surface area contributed by atoms with E-state index in [9.17, 15) is 22.8 Å². The summed E-state index contributed by atoms with van der Waals surface area (Å²) in [5, 5.41) is 1.78. The number of sulfonamides is 1. The molecule has 2 N–H and O–H groups in total. The Balaban J connectivity index is 1.52. The monoisotopic (exact) mass is 489 g/mol. The number of ether oxygens (including phenoxy) is 1. The van der Waals surface area contributed by atoms with Crippen LogP contribution in [0.2, 0.25) is 0 Å². The molecule has 0 unspecified atom stereocenters. The summed E-state index contributed by atoms with van der Waals surface area (Å²) in [6.45, 7) is 3.19. The van der Waals surface area contributed by atoms with Crippen molar-refractivity contribution in [3.8, 4) is 0 Å². The molecule has 1 atom stereocenters. The van der Waals surface area contributed by atoms with Crippen LogP contribution in [0.3, 0.4) is 0 Å².